The number of nitrogen functional groups attached to an aromatic ring is 1. The van der Waals surface area contributed by atoms with Gasteiger partial charge in [-0.1, -0.05) is 0 Å². The fraction of sp³-hybridized carbons (Fsp3) is 0.704. The first-order valence-corrected chi connectivity index (χ1v) is 14.6. The van der Waals surface area contributed by atoms with Crippen molar-refractivity contribution in [3.05, 3.63) is 12.2 Å². The minimum absolute atomic E-state index is 0.0599. The van der Waals surface area contributed by atoms with Crippen LogP contribution in [0.25, 0.3) is 11.2 Å². The normalized spacial score (nSPS) is 26.8. The number of nitrogens with zero attached hydrogens (tertiary/aromatic N) is 6. The van der Waals surface area contributed by atoms with Crippen molar-refractivity contribution in [2.45, 2.75) is 70.0 Å². The van der Waals surface area contributed by atoms with Crippen molar-refractivity contribution < 1.29 is 34.1 Å². The number of hydrogen-bond donors (Lipinski definition) is 4. The molecule has 15 heteroatoms. The zero-order valence-corrected chi connectivity index (χ0v) is 24.0. The summed E-state index contributed by atoms with van der Waals surface area (Å²) in [6.45, 7) is 4.27. The molecular formula is C27H40N8O7. The Morgan fingerprint density at radius 2 is 1.95 bits per heavy atom. The quantitative estimate of drug-likeness (QED) is 0.303. The average molecular weight is 589 g/mol. The van der Waals surface area contributed by atoms with E-state index in [2.05, 4.69) is 20.3 Å². The molecule has 0 aliphatic carbocycles. The number of likely N-dealkylation sites (N-methyl/N-ethyl adjacent to an activating group) is 1. The lowest BCUT2D eigenvalue weighted by atomic mass is 9.91. The first kappa shape index (κ1) is 29.9. The van der Waals surface area contributed by atoms with Crippen LogP contribution in [-0.4, -0.2) is 116 Å². The predicted molar refractivity (Wildman–Crippen MR) is 149 cm³/mol. The Balaban J connectivity index is 1.12. The summed E-state index contributed by atoms with van der Waals surface area (Å²) in [6, 6.07) is 0. The van der Waals surface area contributed by atoms with E-state index in [1.807, 2.05) is 0 Å². The summed E-state index contributed by atoms with van der Waals surface area (Å²) >= 11 is 0. The van der Waals surface area contributed by atoms with Crippen LogP contribution in [0.4, 0.5) is 10.6 Å². The third-order valence-corrected chi connectivity index (χ3v) is 8.37. The molecule has 5 atom stereocenters. The van der Waals surface area contributed by atoms with Gasteiger partial charge in [0.2, 0.25) is 5.91 Å². The number of carbonyl (C=O) groups excluding carboxylic acids is 3. The van der Waals surface area contributed by atoms with Gasteiger partial charge in [-0.3, -0.25) is 14.2 Å². The lowest BCUT2D eigenvalue weighted by Crippen LogP contribution is -2.42. The number of aliphatic hydroxyl groups excluding tert-OH is 2. The second-order valence-electron chi connectivity index (χ2n) is 11.4. The lowest BCUT2D eigenvalue weighted by Gasteiger charge is -2.31. The molecule has 3 amide bonds. The number of nitrogens with one attached hydrogen (secondary N) is 1. The molecule has 2 aromatic rings. The van der Waals surface area contributed by atoms with Crippen LogP contribution in [0.2, 0.25) is 0 Å². The van der Waals surface area contributed by atoms with E-state index in [1.165, 1.54) is 10.9 Å². The van der Waals surface area contributed by atoms with Gasteiger partial charge in [0.1, 0.15) is 23.5 Å². The van der Waals surface area contributed by atoms with E-state index in [1.54, 1.807) is 23.8 Å². The Bertz CT molecular complexity index is 1300. The van der Waals surface area contributed by atoms with E-state index in [0.717, 1.165) is 25.7 Å². The number of aromatic nitrogens is 4. The molecule has 2 unspecified atom stereocenters. The van der Waals surface area contributed by atoms with Crippen LogP contribution >= 0.6 is 0 Å². The maximum absolute atomic E-state index is 12.5. The Labute approximate surface area is 243 Å². The van der Waals surface area contributed by atoms with Crippen molar-refractivity contribution in [2.24, 2.45) is 11.8 Å². The Hall–Kier alpha value is -3.56. The van der Waals surface area contributed by atoms with Crippen molar-refractivity contribution in [1.82, 2.24) is 34.6 Å². The number of amides is 3. The highest BCUT2D eigenvalue weighted by atomic mass is 16.6. The van der Waals surface area contributed by atoms with Gasteiger partial charge in [0.15, 0.2) is 23.8 Å². The molecular weight excluding hydrogens is 548 g/mol. The fourth-order valence-electron chi connectivity index (χ4n) is 5.97. The number of piperidine rings is 1. The molecule has 0 spiro atoms. The van der Waals surface area contributed by atoms with Crippen LogP contribution in [0, 0.1) is 11.8 Å². The number of rotatable bonds is 9. The van der Waals surface area contributed by atoms with E-state index in [9.17, 15) is 24.6 Å². The van der Waals surface area contributed by atoms with E-state index in [4.69, 9.17) is 15.2 Å². The maximum Gasteiger partial charge on any atom is 0.409 e. The van der Waals surface area contributed by atoms with Crippen molar-refractivity contribution in [1.29, 1.82) is 0 Å². The number of imidazole rings is 1. The highest BCUT2D eigenvalue weighted by molar-refractivity contribution is 5.83. The summed E-state index contributed by atoms with van der Waals surface area (Å²) in [5.74, 6) is 0.808. The van der Waals surface area contributed by atoms with Crippen molar-refractivity contribution in [3.63, 3.8) is 0 Å². The third kappa shape index (κ3) is 6.27. The average Bonchev–Trinajstić information content (AvgIpc) is 3.63. The Kier molecular flexibility index (Phi) is 9.08. The number of ether oxygens (including phenoxy) is 2. The van der Waals surface area contributed by atoms with Crippen LogP contribution in [0.15, 0.2) is 6.33 Å². The molecule has 42 heavy (non-hydrogen) atoms. The van der Waals surface area contributed by atoms with Crippen LogP contribution in [-0.2, 0) is 25.5 Å². The molecule has 0 aromatic carbocycles. The largest absolute Gasteiger partial charge is 0.449 e. The second kappa shape index (κ2) is 12.8. The van der Waals surface area contributed by atoms with Crippen LogP contribution in [0.5, 0.6) is 0 Å². The van der Waals surface area contributed by atoms with Crippen LogP contribution in [0.3, 0.4) is 0 Å². The number of aliphatic hydroxyl groups is 2. The zero-order valence-electron chi connectivity index (χ0n) is 24.0. The first-order chi connectivity index (χ1) is 20.2. The zero-order chi connectivity index (χ0) is 30.0. The van der Waals surface area contributed by atoms with Gasteiger partial charge in [-0.2, -0.15) is 0 Å². The highest BCUT2D eigenvalue weighted by Crippen LogP contribution is 2.32. The minimum atomic E-state index is -1.41. The van der Waals surface area contributed by atoms with Gasteiger partial charge in [-0.15, -0.1) is 0 Å². The van der Waals surface area contributed by atoms with Crippen LogP contribution < -0.4 is 11.1 Å². The van der Waals surface area contributed by atoms with Gasteiger partial charge >= 0.3 is 6.09 Å². The van der Waals surface area contributed by atoms with Crippen molar-refractivity contribution in [3.8, 4) is 0 Å². The summed E-state index contributed by atoms with van der Waals surface area (Å²) < 4.78 is 12.7. The molecule has 0 radical (unpaired) electrons. The second-order valence-corrected chi connectivity index (χ2v) is 11.4. The molecule has 3 aliphatic heterocycles. The van der Waals surface area contributed by atoms with Gasteiger partial charge in [0.05, 0.1) is 12.9 Å². The van der Waals surface area contributed by atoms with E-state index in [-0.39, 0.29) is 30.3 Å². The van der Waals surface area contributed by atoms with Gasteiger partial charge in [-0.05, 0) is 38.5 Å². The Morgan fingerprint density at radius 1 is 1.19 bits per heavy atom. The van der Waals surface area contributed by atoms with E-state index < -0.39 is 30.4 Å². The molecule has 3 fully saturated rings. The maximum atomic E-state index is 12.5. The fourth-order valence-corrected chi connectivity index (χ4v) is 5.97. The summed E-state index contributed by atoms with van der Waals surface area (Å²) in [6.07, 6.45) is 0.513. The Morgan fingerprint density at radius 3 is 2.64 bits per heavy atom. The number of fused-ring (bicyclic) bond motifs is 1. The number of aryl methyl sites for hydroxylation is 1. The highest BCUT2D eigenvalue weighted by Gasteiger charge is 2.47. The lowest BCUT2D eigenvalue weighted by molar-refractivity contribution is -0.137. The van der Waals surface area contributed by atoms with Gasteiger partial charge < -0.3 is 40.5 Å². The monoisotopic (exact) mass is 588 g/mol. The van der Waals surface area contributed by atoms with Crippen molar-refractivity contribution in [2.75, 3.05) is 45.6 Å². The molecule has 0 bridgehead atoms. The van der Waals surface area contributed by atoms with Gasteiger partial charge in [-0.25, -0.2) is 19.7 Å². The molecule has 3 aliphatic rings. The standard InChI is InChI=1S/C27H40N8O7/c1-3-29-25(39)22-20(37)21(38)26(42-22)35-14-30-19-23(28)31-17(32-24(19)35)6-4-5-15-7-9-34(10-8-15)27(40)41-13-16-11-18(36)33(2)12-16/h14-16,20-22,26,37-38H,3-13H2,1-2H3,(H,29,39)(H2,28,31,32)/t16?,20-,21?,22+,26-/m1/s1. The summed E-state index contributed by atoms with van der Waals surface area (Å²) in [4.78, 5) is 53.1. The van der Waals surface area contributed by atoms with Gasteiger partial charge in [0, 0.05) is 52.0 Å². The number of anilines is 1. The first-order valence-electron chi connectivity index (χ1n) is 14.6. The van der Waals surface area contributed by atoms with Crippen molar-refractivity contribution >= 4 is 34.9 Å². The number of nitrogens with two attached hydrogens (primary N) is 1. The van der Waals surface area contributed by atoms with Gasteiger partial charge in [0.25, 0.3) is 5.91 Å². The number of hydrogen-bond acceptors (Lipinski definition) is 11. The van der Waals surface area contributed by atoms with E-state index in [0.29, 0.717) is 61.9 Å². The summed E-state index contributed by atoms with van der Waals surface area (Å²) in [5, 5.41) is 23.6. The molecule has 5 rings (SSSR count). The number of carbonyl (C=O) groups is 3. The summed E-state index contributed by atoms with van der Waals surface area (Å²) in [7, 11) is 1.76. The van der Waals surface area contributed by atoms with Crippen LogP contribution in [0.1, 0.15) is 51.1 Å². The molecule has 230 valence electrons. The number of likely N-dealkylation sites (tertiary alicyclic amines) is 2. The molecule has 5 N–H and O–H groups in total. The molecule has 0 saturated carbocycles. The smallest absolute Gasteiger partial charge is 0.409 e. The molecule has 2 aromatic heterocycles. The SMILES string of the molecule is CCNC(=O)[C@H]1O[C@@H](n2cnc3c(N)nc(CCCC4CCN(C(=O)OCC5CC(=O)N(C)C5)CC4)nc32)C(O)[C@H]1O. The predicted octanol–water partition coefficient (Wildman–Crippen LogP) is -0.187. The molecule has 15 nitrogen and oxygen atoms in total. The minimum Gasteiger partial charge on any atom is -0.449 e. The molecule has 5 heterocycles. The van der Waals surface area contributed by atoms with E-state index >= 15 is 0 Å². The molecule has 3 saturated heterocycles. The summed E-state index contributed by atoms with van der Waals surface area (Å²) in [5.41, 5.74) is 6.87. The topological polar surface area (TPSA) is 198 Å². The third-order valence-electron chi connectivity index (χ3n) is 8.37.